The van der Waals surface area contributed by atoms with E-state index in [1.807, 2.05) is 15.7 Å². The van der Waals surface area contributed by atoms with Crippen LogP contribution in [0.15, 0.2) is 54.3 Å². The summed E-state index contributed by atoms with van der Waals surface area (Å²) in [5, 5.41) is 0.833. The van der Waals surface area contributed by atoms with Gasteiger partial charge >= 0.3 is 0 Å². The van der Waals surface area contributed by atoms with Gasteiger partial charge in [0.15, 0.2) is 5.16 Å². The van der Waals surface area contributed by atoms with Crippen LogP contribution in [-0.2, 0) is 4.79 Å². The van der Waals surface area contributed by atoms with Gasteiger partial charge in [-0.05, 0) is 37.1 Å². The normalized spacial score (nSPS) is 14.3. The molecule has 4 rings (SSSR count). The number of carbonyl (C=O) groups excluding carboxylic acids is 1. The Morgan fingerprint density at radius 2 is 1.86 bits per heavy atom. The van der Waals surface area contributed by atoms with E-state index in [0.717, 1.165) is 29.8 Å². The number of hydrogen-bond acceptors (Lipinski definition) is 6. The number of anilines is 1. The second-order valence-corrected chi connectivity index (χ2v) is 8.01. The number of rotatable bonds is 5. The predicted molar refractivity (Wildman–Crippen MR) is 115 cm³/mol. The topological polar surface area (TPSA) is 67.2 Å². The molecule has 1 aromatic carbocycles. The standard InChI is InChI=1S/C21H24N6OS/c1-16-3-4-18(13-17(16)2)27-8-7-24-21(27)29-15-20(28)26-11-9-25(10-12-26)19-14-22-5-6-23-19/h3-8,13-14H,9-12,15H2,1-2H3. The average Bonchev–Trinajstić information content (AvgIpc) is 3.23. The van der Waals surface area contributed by atoms with E-state index in [4.69, 9.17) is 0 Å². The lowest BCUT2D eigenvalue weighted by molar-refractivity contribution is -0.128. The predicted octanol–water partition coefficient (Wildman–Crippen LogP) is 2.72. The van der Waals surface area contributed by atoms with Gasteiger partial charge < -0.3 is 9.80 Å². The summed E-state index contributed by atoms with van der Waals surface area (Å²) in [6.45, 7) is 7.14. The Hall–Kier alpha value is -2.87. The molecule has 8 heteroatoms. The highest BCUT2D eigenvalue weighted by atomic mass is 32.2. The van der Waals surface area contributed by atoms with E-state index in [2.05, 4.69) is 51.9 Å². The minimum absolute atomic E-state index is 0.142. The summed E-state index contributed by atoms with van der Waals surface area (Å²) in [4.78, 5) is 29.7. The van der Waals surface area contributed by atoms with Crippen molar-refractivity contribution in [2.24, 2.45) is 0 Å². The van der Waals surface area contributed by atoms with Gasteiger partial charge in [0.25, 0.3) is 0 Å². The molecule has 2 aromatic heterocycles. The quantitative estimate of drug-likeness (QED) is 0.605. The number of imidazole rings is 1. The average molecular weight is 409 g/mol. The summed E-state index contributed by atoms with van der Waals surface area (Å²) >= 11 is 1.48. The lowest BCUT2D eigenvalue weighted by Gasteiger charge is -2.35. The molecular weight excluding hydrogens is 384 g/mol. The molecule has 0 spiro atoms. The lowest BCUT2D eigenvalue weighted by Crippen LogP contribution is -2.49. The minimum Gasteiger partial charge on any atom is -0.352 e. The van der Waals surface area contributed by atoms with Crippen LogP contribution in [0.1, 0.15) is 11.1 Å². The van der Waals surface area contributed by atoms with E-state index in [0.29, 0.717) is 18.8 Å². The van der Waals surface area contributed by atoms with Crippen LogP contribution in [-0.4, -0.2) is 62.3 Å². The summed E-state index contributed by atoms with van der Waals surface area (Å²) in [5.74, 6) is 1.39. The van der Waals surface area contributed by atoms with Gasteiger partial charge in [-0.2, -0.15) is 0 Å². The zero-order valence-corrected chi connectivity index (χ0v) is 17.5. The summed E-state index contributed by atoms with van der Waals surface area (Å²) in [6.07, 6.45) is 8.85. The summed E-state index contributed by atoms with van der Waals surface area (Å²) < 4.78 is 2.04. The van der Waals surface area contributed by atoms with Crippen LogP contribution >= 0.6 is 11.8 Å². The number of aryl methyl sites for hydroxylation is 2. The van der Waals surface area contributed by atoms with Gasteiger partial charge in [-0.25, -0.2) is 9.97 Å². The molecule has 1 saturated heterocycles. The first-order chi connectivity index (χ1) is 14.1. The summed E-state index contributed by atoms with van der Waals surface area (Å²) in [5.41, 5.74) is 3.57. The maximum atomic E-state index is 12.7. The Labute approximate surface area is 174 Å². The molecule has 150 valence electrons. The number of nitrogens with zero attached hydrogens (tertiary/aromatic N) is 6. The largest absolute Gasteiger partial charge is 0.352 e. The highest BCUT2D eigenvalue weighted by molar-refractivity contribution is 7.99. The third-order valence-electron chi connectivity index (χ3n) is 5.21. The van der Waals surface area contributed by atoms with Gasteiger partial charge in [0.05, 0.1) is 11.9 Å². The van der Waals surface area contributed by atoms with Crippen LogP contribution in [0.5, 0.6) is 0 Å². The first-order valence-electron chi connectivity index (χ1n) is 9.64. The Morgan fingerprint density at radius 3 is 2.59 bits per heavy atom. The molecule has 1 fully saturated rings. The van der Waals surface area contributed by atoms with Crippen LogP contribution < -0.4 is 4.90 Å². The molecule has 0 atom stereocenters. The maximum absolute atomic E-state index is 12.7. The molecule has 0 radical (unpaired) electrons. The smallest absolute Gasteiger partial charge is 0.233 e. The van der Waals surface area contributed by atoms with E-state index in [9.17, 15) is 4.79 Å². The van der Waals surface area contributed by atoms with Crippen molar-refractivity contribution in [1.29, 1.82) is 0 Å². The fourth-order valence-electron chi connectivity index (χ4n) is 3.33. The third kappa shape index (κ3) is 4.42. The number of carbonyl (C=O) groups is 1. The molecule has 3 heterocycles. The van der Waals surface area contributed by atoms with E-state index >= 15 is 0 Å². The minimum atomic E-state index is 0.142. The second-order valence-electron chi connectivity index (χ2n) is 7.07. The Bertz CT molecular complexity index is 982. The number of benzene rings is 1. The van der Waals surface area contributed by atoms with Crippen molar-refractivity contribution in [3.05, 3.63) is 60.3 Å². The van der Waals surface area contributed by atoms with E-state index in [-0.39, 0.29) is 5.91 Å². The van der Waals surface area contributed by atoms with Crippen molar-refractivity contribution in [3.8, 4) is 5.69 Å². The van der Waals surface area contributed by atoms with Crippen molar-refractivity contribution < 1.29 is 4.79 Å². The first kappa shape index (κ1) is 19.4. The van der Waals surface area contributed by atoms with Gasteiger partial charge in [0, 0.05) is 56.7 Å². The van der Waals surface area contributed by atoms with Crippen LogP contribution in [0.2, 0.25) is 0 Å². The highest BCUT2D eigenvalue weighted by Crippen LogP contribution is 2.23. The van der Waals surface area contributed by atoms with Gasteiger partial charge in [-0.1, -0.05) is 17.8 Å². The zero-order chi connectivity index (χ0) is 20.2. The third-order valence-corrected chi connectivity index (χ3v) is 6.16. The summed E-state index contributed by atoms with van der Waals surface area (Å²) in [7, 11) is 0. The summed E-state index contributed by atoms with van der Waals surface area (Å²) in [6, 6.07) is 6.34. The Kier molecular flexibility index (Phi) is 5.80. The van der Waals surface area contributed by atoms with Gasteiger partial charge in [0.2, 0.25) is 5.91 Å². The van der Waals surface area contributed by atoms with E-state index in [1.165, 1.54) is 22.9 Å². The van der Waals surface area contributed by atoms with Crippen LogP contribution in [0, 0.1) is 13.8 Å². The second kappa shape index (κ2) is 8.65. The van der Waals surface area contributed by atoms with Gasteiger partial charge in [-0.15, -0.1) is 0 Å². The van der Waals surface area contributed by atoms with Gasteiger partial charge in [-0.3, -0.25) is 14.3 Å². The molecule has 0 N–H and O–H groups in total. The lowest BCUT2D eigenvalue weighted by atomic mass is 10.1. The van der Waals surface area contributed by atoms with Crippen molar-refractivity contribution >= 4 is 23.5 Å². The molecule has 1 aliphatic rings. The van der Waals surface area contributed by atoms with Gasteiger partial charge in [0.1, 0.15) is 5.82 Å². The molecule has 7 nitrogen and oxygen atoms in total. The molecule has 3 aromatic rings. The van der Waals surface area contributed by atoms with Crippen LogP contribution in [0.4, 0.5) is 5.82 Å². The van der Waals surface area contributed by atoms with E-state index in [1.54, 1.807) is 24.8 Å². The number of amides is 1. The number of aromatic nitrogens is 4. The SMILES string of the molecule is Cc1ccc(-n2ccnc2SCC(=O)N2CCN(c3cnccn3)CC2)cc1C. The van der Waals surface area contributed by atoms with E-state index < -0.39 is 0 Å². The number of hydrogen-bond donors (Lipinski definition) is 0. The molecule has 0 aliphatic carbocycles. The maximum Gasteiger partial charge on any atom is 0.233 e. The monoisotopic (exact) mass is 408 g/mol. The Morgan fingerprint density at radius 1 is 1.03 bits per heavy atom. The molecule has 1 aliphatic heterocycles. The fourth-order valence-corrected chi connectivity index (χ4v) is 4.20. The van der Waals surface area contributed by atoms with Crippen LogP contribution in [0.25, 0.3) is 5.69 Å². The molecule has 0 unspecified atom stereocenters. The van der Waals surface area contributed by atoms with Crippen molar-refractivity contribution in [3.63, 3.8) is 0 Å². The van der Waals surface area contributed by atoms with Crippen molar-refractivity contribution in [1.82, 2.24) is 24.4 Å². The Balaban J connectivity index is 1.34. The molecule has 0 saturated carbocycles. The van der Waals surface area contributed by atoms with Crippen molar-refractivity contribution in [2.45, 2.75) is 19.0 Å². The molecule has 0 bridgehead atoms. The molecule has 29 heavy (non-hydrogen) atoms. The number of piperazine rings is 1. The molecular formula is C21H24N6OS. The highest BCUT2D eigenvalue weighted by Gasteiger charge is 2.22. The molecule has 1 amide bonds. The van der Waals surface area contributed by atoms with Crippen LogP contribution in [0.3, 0.4) is 0 Å². The first-order valence-corrected chi connectivity index (χ1v) is 10.6. The van der Waals surface area contributed by atoms with Crippen molar-refractivity contribution in [2.75, 3.05) is 36.8 Å². The number of thioether (sulfide) groups is 1. The fraction of sp³-hybridized carbons (Fsp3) is 0.333. The zero-order valence-electron chi connectivity index (χ0n) is 16.7.